The molecule has 1 aliphatic rings. The van der Waals surface area contributed by atoms with Crippen molar-refractivity contribution in [2.75, 3.05) is 13.7 Å². The highest BCUT2D eigenvalue weighted by atomic mass is 16.5. The molecule has 84 valence electrons. The summed E-state index contributed by atoms with van der Waals surface area (Å²) in [5.74, 6) is 1.72. The Morgan fingerprint density at radius 2 is 2.07 bits per heavy atom. The van der Waals surface area contributed by atoms with Crippen molar-refractivity contribution in [1.82, 2.24) is 5.32 Å². The second kappa shape index (κ2) is 5.72. The third-order valence-electron chi connectivity index (χ3n) is 3.72. The van der Waals surface area contributed by atoms with Crippen LogP contribution in [0.4, 0.5) is 0 Å². The Balaban J connectivity index is 2.23. The quantitative estimate of drug-likeness (QED) is 0.734. The van der Waals surface area contributed by atoms with Crippen LogP contribution in [0.5, 0.6) is 0 Å². The van der Waals surface area contributed by atoms with E-state index in [0.29, 0.717) is 6.04 Å². The molecule has 0 aromatic heterocycles. The van der Waals surface area contributed by atoms with Gasteiger partial charge in [-0.2, -0.15) is 0 Å². The lowest BCUT2D eigenvalue weighted by molar-refractivity contribution is 0.180. The minimum Gasteiger partial charge on any atom is -0.385 e. The molecule has 2 nitrogen and oxygen atoms in total. The molecule has 1 aliphatic carbocycles. The van der Waals surface area contributed by atoms with Crippen molar-refractivity contribution in [3.63, 3.8) is 0 Å². The Bertz CT molecular complexity index is 160. The molecule has 0 aliphatic heterocycles. The van der Waals surface area contributed by atoms with Crippen molar-refractivity contribution in [3.05, 3.63) is 0 Å². The van der Waals surface area contributed by atoms with E-state index in [1.165, 1.54) is 12.8 Å². The Morgan fingerprint density at radius 3 is 2.57 bits per heavy atom. The molecule has 0 spiro atoms. The number of rotatable bonds is 5. The van der Waals surface area contributed by atoms with Gasteiger partial charge in [-0.25, -0.2) is 0 Å². The third kappa shape index (κ3) is 3.25. The molecular weight excluding hydrogens is 174 g/mol. The Hall–Kier alpha value is -0.0800. The van der Waals surface area contributed by atoms with E-state index in [1.807, 2.05) is 0 Å². The predicted molar refractivity (Wildman–Crippen MR) is 60.4 cm³/mol. The van der Waals surface area contributed by atoms with E-state index in [-0.39, 0.29) is 0 Å². The first-order valence-electron chi connectivity index (χ1n) is 5.90. The van der Waals surface area contributed by atoms with Gasteiger partial charge in [-0.1, -0.05) is 13.8 Å². The van der Waals surface area contributed by atoms with Crippen LogP contribution in [0.15, 0.2) is 0 Å². The summed E-state index contributed by atoms with van der Waals surface area (Å²) in [7, 11) is 1.77. The molecule has 1 fully saturated rings. The lowest BCUT2D eigenvalue weighted by Crippen LogP contribution is -2.39. The van der Waals surface area contributed by atoms with Gasteiger partial charge in [-0.3, -0.25) is 0 Å². The molecule has 0 amide bonds. The maximum Gasteiger partial charge on any atom is 0.0476 e. The van der Waals surface area contributed by atoms with Crippen molar-refractivity contribution < 1.29 is 4.74 Å². The lowest BCUT2D eigenvalue weighted by atomic mass is 9.97. The molecule has 0 saturated heterocycles. The highest BCUT2D eigenvalue weighted by molar-refractivity contribution is 4.86. The van der Waals surface area contributed by atoms with Crippen LogP contribution in [0, 0.1) is 11.8 Å². The minimum atomic E-state index is 0.590. The van der Waals surface area contributed by atoms with Gasteiger partial charge in [0, 0.05) is 25.8 Å². The van der Waals surface area contributed by atoms with Crippen molar-refractivity contribution in [2.24, 2.45) is 11.8 Å². The Kier molecular flexibility index (Phi) is 4.90. The summed E-state index contributed by atoms with van der Waals surface area (Å²) in [5, 5.41) is 3.71. The molecule has 14 heavy (non-hydrogen) atoms. The largest absolute Gasteiger partial charge is 0.385 e. The summed E-state index contributed by atoms with van der Waals surface area (Å²) in [6.07, 6.45) is 3.85. The van der Waals surface area contributed by atoms with E-state index in [2.05, 4.69) is 26.1 Å². The summed E-state index contributed by atoms with van der Waals surface area (Å²) in [6.45, 7) is 7.87. The third-order valence-corrected chi connectivity index (χ3v) is 3.72. The van der Waals surface area contributed by atoms with Gasteiger partial charge in [0.25, 0.3) is 0 Å². The van der Waals surface area contributed by atoms with Crippen molar-refractivity contribution >= 4 is 0 Å². The fraction of sp³-hybridized carbons (Fsp3) is 1.00. The predicted octanol–water partition coefficient (Wildman–Crippen LogP) is 2.44. The van der Waals surface area contributed by atoms with Crippen LogP contribution >= 0.6 is 0 Å². The van der Waals surface area contributed by atoms with Gasteiger partial charge in [-0.05, 0) is 38.0 Å². The van der Waals surface area contributed by atoms with E-state index in [9.17, 15) is 0 Å². The highest BCUT2D eigenvalue weighted by Crippen LogP contribution is 2.31. The average molecular weight is 199 g/mol. The lowest BCUT2D eigenvalue weighted by Gasteiger charge is -2.24. The minimum absolute atomic E-state index is 0.590. The van der Waals surface area contributed by atoms with Crippen molar-refractivity contribution in [1.29, 1.82) is 0 Å². The van der Waals surface area contributed by atoms with Gasteiger partial charge in [0.05, 0.1) is 0 Å². The second-order valence-electron chi connectivity index (χ2n) is 4.87. The number of hydrogen-bond donors (Lipinski definition) is 1. The molecule has 4 unspecified atom stereocenters. The van der Waals surface area contributed by atoms with Crippen LogP contribution in [0.3, 0.4) is 0 Å². The zero-order valence-electron chi connectivity index (χ0n) is 10.0. The van der Waals surface area contributed by atoms with E-state index in [0.717, 1.165) is 30.9 Å². The van der Waals surface area contributed by atoms with E-state index in [4.69, 9.17) is 4.74 Å². The van der Waals surface area contributed by atoms with E-state index >= 15 is 0 Å². The molecule has 0 aromatic carbocycles. The van der Waals surface area contributed by atoms with Crippen LogP contribution in [0.25, 0.3) is 0 Å². The van der Waals surface area contributed by atoms with Gasteiger partial charge in [0.1, 0.15) is 0 Å². The molecular formula is C12H25NO. The van der Waals surface area contributed by atoms with Gasteiger partial charge in [0.15, 0.2) is 0 Å². The molecule has 1 rings (SSSR count). The van der Waals surface area contributed by atoms with Crippen molar-refractivity contribution in [3.8, 4) is 0 Å². The number of ether oxygens (including phenoxy) is 1. The van der Waals surface area contributed by atoms with Crippen LogP contribution in [-0.4, -0.2) is 25.8 Å². The van der Waals surface area contributed by atoms with Crippen LogP contribution in [0.2, 0.25) is 0 Å². The molecule has 1 saturated carbocycles. The molecule has 1 N–H and O–H groups in total. The normalized spacial score (nSPS) is 34.7. The second-order valence-corrected chi connectivity index (χ2v) is 4.87. The van der Waals surface area contributed by atoms with E-state index < -0.39 is 0 Å². The Morgan fingerprint density at radius 1 is 1.36 bits per heavy atom. The zero-order chi connectivity index (χ0) is 10.6. The van der Waals surface area contributed by atoms with Crippen LogP contribution in [-0.2, 0) is 4.74 Å². The SMILES string of the molecule is COCCC(C)NC1CCC(C)C1C. The first-order chi connectivity index (χ1) is 6.65. The number of hydrogen-bond acceptors (Lipinski definition) is 2. The zero-order valence-corrected chi connectivity index (χ0v) is 10.0. The molecule has 0 bridgehead atoms. The van der Waals surface area contributed by atoms with Crippen LogP contribution < -0.4 is 5.32 Å². The van der Waals surface area contributed by atoms with Gasteiger partial charge >= 0.3 is 0 Å². The first kappa shape index (κ1) is 12.0. The molecule has 0 radical (unpaired) electrons. The van der Waals surface area contributed by atoms with Crippen molar-refractivity contribution in [2.45, 2.75) is 52.1 Å². The molecule has 2 heteroatoms. The standard InChI is InChI=1S/C12H25NO/c1-9-5-6-12(11(9)3)13-10(2)7-8-14-4/h9-13H,5-8H2,1-4H3. The van der Waals surface area contributed by atoms with Gasteiger partial charge in [-0.15, -0.1) is 0 Å². The summed E-state index contributed by atoms with van der Waals surface area (Å²) in [6, 6.07) is 1.32. The molecule has 0 aromatic rings. The summed E-state index contributed by atoms with van der Waals surface area (Å²) in [5.41, 5.74) is 0. The Labute approximate surface area is 88.4 Å². The maximum absolute atomic E-state index is 5.08. The average Bonchev–Trinajstić information content (AvgIpc) is 2.46. The smallest absolute Gasteiger partial charge is 0.0476 e. The van der Waals surface area contributed by atoms with E-state index in [1.54, 1.807) is 7.11 Å². The fourth-order valence-corrected chi connectivity index (χ4v) is 2.34. The topological polar surface area (TPSA) is 21.3 Å². The number of nitrogens with one attached hydrogen (secondary N) is 1. The maximum atomic E-state index is 5.08. The van der Waals surface area contributed by atoms with Gasteiger partial charge in [0.2, 0.25) is 0 Å². The summed E-state index contributed by atoms with van der Waals surface area (Å²) in [4.78, 5) is 0. The summed E-state index contributed by atoms with van der Waals surface area (Å²) >= 11 is 0. The number of methoxy groups -OCH3 is 1. The highest BCUT2D eigenvalue weighted by Gasteiger charge is 2.29. The van der Waals surface area contributed by atoms with Gasteiger partial charge < -0.3 is 10.1 Å². The molecule has 0 heterocycles. The first-order valence-corrected chi connectivity index (χ1v) is 5.90. The fourth-order valence-electron chi connectivity index (χ4n) is 2.34. The summed E-state index contributed by atoms with van der Waals surface area (Å²) < 4.78 is 5.08. The molecule has 4 atom stereocenters. The van der Waals surface area contributed by atoms with Crippen LogP contribution in [0.1, 0.15) is 40.0 Å². The monoisotopic (exact) mass is 199 g/mol.